The van der Waals surface area contributed by atoms with Crippen LogP contribution in [0.15, 0.2) is 54.7 Å². The van der Waals surface area contributed by atoms with E-state index in [-0.39, 0.29) is 5.75 Å². The summed E-state index contributed by atoms with van der Waals surface area (Å²) in [5.41, 5.74) is 8.35. The normalized spacial score (nSPS) is 10.8. The fraction of sp³-hybridized carbons (Fsp3) is 0.158. The van der Waals surface area contributed by atoms with Crippen LogP contribution < -0.4 is 9.92 Å². The minimum Gasteiger partial charge on any atom is -0.473 e. The van der Waals surface area contributed by atoms with Gasteiger partial charge < -0.3 is 25.1 Å². The quantitative estimate of drug-likeness (QED) is 0.346. The molecule has 3 aromatic rings. The maximum Gasteiger partial charge on any atom is 0.414 e. The summed E-state index contributed by atoms with van der Waals surface area (Å²) in [7, 11) is -3.70. The van der Waals surface area contributed by atoms with Crippen molar-refractivity contribution >= 4 is 33.0 Å². The zero-order valence-electron chi connectivity index (χ0n) is 15.2. The first-order chi connectivity index (χ1) is 13.7. The molecule has 5 N–H and O–H groups in total. The Kier molecular flexibility index (Phi) is 7.34. The molecule has 0 fully saturated rings. The van der Waals surface area contributed by atoms with E-state index in [9.17, 15) is 8.42 Å². The third kappa shape index (κ3) is 6.63. The number of para-hydroxylation sites is 1. The van der Waals surface area contributed by atoms with Crippen LogP contribution in [0.2, 0.25) is 0 Å². The summed E-state index contributed by atoms with van der Waals surface area (Å²) in [5, 5.41) is 15.8. The third-order valence-corrected chi connectivity index (χ3v) is 4.87. The second-order valence-corrected chi connectivity index (χ2v) is 7.51. The molecule has 0 amide bonds. The zero-order valence-corrected chi connectivity index (χ0v) is 16.1. The predicted molar refractivity (Wildman–Crippen MR) is 106 cm³/mol. The van der Waals surface area contributed by atoms with E-state index in [4.69, 9.17) is 29.7 Å². The number of benzene rings is 2. The second-order valence-electron chi connectivity index (χ2n) is 5.94. The summed E-state index contributed by atoms with van der Waals surface area (Å²) in [5.74, 6) is -3.51. The number of carbonyl (C=O) groups is 2. The van der Waals surface area contributed by atoms with Crippen molar-refractivity contribution in [1.29, 1.82) is 0 Å². The number of fused-ring (bicyclic) bond motifs is 1. The number of carboxylic acid groups (broad SMARTS) is 2. The van der Waals surface area contributed by atoms with Crippen molar-refractivity contribution in [2.75, 3.05) is 6.54 Å². The lowest BCUT2D eigenvalue weighted by Crippen LogP contribution is -2.12. The minimum absolute atomic E-state index is 0.176. The summed E-state index contributed by atoms with van der Waals surface area (Å²) >= 11 is 0. The van der Waals surface area contributed by atoms with E-state index in [1.54, 1.807) is 36.4 Å². The van der Waals surface area contributed by atoms with Gasteiger partial charge in [0.25, 0.3) is 0 Å². The molecule has 1 heterocycles. The molecule has 1 aromatic heterocycles. The van der Waals surface area contributed by atoms with Crippen LogP contribution >= 0.6 is 0 Å². The highest BCUT2D eigenvalue weighted by Crippen LogP contribution is 2.22. The molecule has 0 atom stereocenters. The van der Waals surface area contributed by atoms with Gasteiger partial charge in [0, 0.05) is 17.1 Å². The van der Waals surface area contributed by atoms with Gasteiger partial charge in [-0.2, -0.15) is 8.42 Å². The minimum atomic E-state index is -3.70. The highest BCUT2D eigenvalue weighted by Gasteiger charge is 2.15. The molecular weight excluding hydrogens is 400 g/mol. The molecule has 0 radical (unpaired) electrons. The summed E-state index contributed by atoms with van der Waals surface area (Å²) in [6.07, 6.45) is 2.66. The van der Waals surface area contributed by atoms with Crippen molar-refractivity contribution < 1.29 is 32.4 Å². The molecule has 10 heteroatoms. The van der Waals surface area contributed by atoms with Crippen molar-refractivity contribution in [3.05, 3.63) is 65.9 Å². The Hall–Kier alpha value is -3.37. The first-order valence-corrected chi connectivity index (χ1v) is 10.0. The molecule has 9 nitrogen and oxygen atoms in total. The number of nitrogens with one attached hydrogen (secondary N) is 1. The van der Waals surface area contributed by atoms with Crippen molar-refractivity contribution in [1.82, 2.24) is 4.98 Å². The Morgan fingerprint density at radius 2 is 1.69 bits per heavy atom. The van der Waals surface area contributed by atoms with E-state index >= 15 is 0 Å². The monoisotopic (exact) mass is 420 g/mol. The number of hydrogen-bond donors (Lipinski definition) is 4. The number of nitrogens with two attached hydrogens (primary N) is 1. The molecule has 3 rings (SSSR count). The lowest BCUT2D eigenvalue weighted by Gasteiger charge is -2.07. The van der Waals surface area contributed by atoms with E-state index in [2.05, 4.69) is 4.98 Å². The van der Waals surface area contributed by atoms with Crippen LogP contribution in [0, 0.1) is 0 Å². The molecule has 29 heavy (non-hydrogen) atoms. The molecule has 0 aliphatic carbocycles. The van der Waals surface area contributed by atoms with Crippen molar-refractivity contribution in [3.63, 3.8) is 0 Å². The Bertz CT molecular complexity index is 1080. The van der Waals surface area contributed by atoms with E-state index in [0.29, 0.717) is 17.9 Å². The number of aromatic nitrogens is 1. The maximum atomic E-state index is 12.2. The van der Waals surface area contributed by atoms with Gasteiger partial charge in [-0.1, -0.05) is 24.3 Å². The van der Waals surface area contributed by atoms with Crippen molar-refractivity contribution in [3.8, 4) is 5.75 Å². The van der Waals surface area contributed by atoms with Gasteiger partial charge in [0.2, 0.25) is 0 Å². The topological polar surface area (TPSA) is 160 Å². The van der Waals surface area contributed by atoms with Gasteiger partial charge in [0.1, 0.15) is 11.5 Å². The predicted octanol–water partition coefficient (Wildman–Crippen LogP) is 1.73. The van der Waals surface area contributed by atoms with Gasteiger partial charge in [-0.15, -0.1) is 0 Å². The number of H-pyrrole nitrogens is 1. The van der Waals surface area contributed by atoms with Gasteiger partial charge in [-0.05, 0) is 48.4 Å². The summed E-state index contributed by atoms with van der Waals surface area (Å²) in [4.78, 5) is 21.4. The Morgan fingerprint density at radius 1 is 1.03 bits per heavy atom. The van der Waals surface area contributed by atoms with Crippen molar-refractivity contribution in [2.45, 2.75) is 12.2 Å². The van der Waals surface area contributed by atoms with Gasteiger partial charge in [0.15, 0.2) is 0 Å². The molecule has 154 valence electrons. The van der Waals surface area contributed by atoms with Crippen LogP contribution in [0.1, 0.15) is 11.1 Å². The molecule has 0 saturated carbocycles. The first-order valence-electron chi connectivity index (χ1n) is 8.44. The fourth-order valence-electron chi connectivity index (χ4n) is 2.53. The lowest BCUT2D eigenvalue weighted by molar-refractivity contribution is -0.159. The maximum absolute atomic E-state index is 12.2. The van der Waals surface area contributed by atoms with Gasteiger partial charge in [0.05, 0.1) is 0 Å². The van der Waals surface area contributed by atoms with E-state index in [1.165, 1.54) is 0 Å². The molecular formula is C19H20N2O7S. The Morgan fingerprint density at radius 3 is 2.28 bits per heavy atom. The number of aromatic amines is 1. The molecule has 0 aliphatic rings. The van der Waals surface area contributed by atoms with Crippen molar-refractivity contribution in [2.24, 2.45) is 5.73 Å². The Balaban J connectivity index is 0.000000438. The van der Waals surface area contributed by atoms with Crippen LogP contribution in [0.25, 0.3) is 10.9 Å². The first kappa shape index (κ1) is 21.9. The van der Waals surface area contributed by atoms with E-state index < -0.39 is 22.1 Å². The van der Waals surface area contributed by atoms with Gasteiger partial charge >= 0.3 is 22.1 Å². The molecule has 0 bridgehead atoms. The molecule has 0 aliphatic heterocycles. The highest BCUT2D eigenvalue weighted by molar-refractivity contribution is 7.86. The number of hydrogen-bond acceptors (Lipinski definition) is 6. The number of carboxylic acids is 2. The van der Waals surface area contributed by atoms with Crippen LogP contribution in [0.4, 0.5) is 0 Å². The number of aliphatic carboxylic acids is 2. The highest BCUT2D eigenvalue weighted by atomic mass is 32.2. The fourth-order valence-corrected chi connectivity index (χ4v) is 3.58. The molecule has 0 unspecified atom stereocenters. The van der Waals surface area contributed by atoms with Gasteiger partial charge in [-0.25, -0.2) is 9.59 Å². The lowest BCUT2D eigenvalue weighted by atomic mass is 10.1. The van der Waals surface area contributed by atoms with E-state index in [0.717, 1.165) is 22.9 Å². The number of rotatable bonds is 6. The molecule has 0 saturated heterocycles. The summed E-state index contributed by atoms with van der Waals surface area (Å²) in [6, 6.07) is 14.0. The summed E-state index contributed by atoms with van der Waals surface area (Å²) in [6.45, 7) is 0.548. The van der Waals surface area contributed by atoms with E-state index in [1.807, 2.05) is 18.3 Å². The smallest absolute Gasteiger partial charge is 0.414 e. The standard InChI is InChI=1S/C17H18N2O3S.C2H2O4/c18-9-8-14-11-19-17-7-6-13(10-16(14)17)12-23(20,21)22-15-4-2-1-3-5-15;3-1(4)2(5)6/h1-7,10-11,19H,8-9,12,18H2;(H,3,4)(H,5,6). The SMILES string of the molecule is NCCc1c[nH]c2ccc(CS(=O)(=O)Oc3ccccc3)cc12.O=C(O)C(=O)O. The average Bonchev–Trinajstić information content (AvgIpc) is 3.05. The van der Waals surface area contributed by atoms with Crippen LogP contribution in [0.3, 0.4) is 0 Å². The second kappa shape index (κ2) is 9.71. The van der Waals surface area contributed by atoms with Crippen LogP contribution in [-0.2, 0) is 31.9 Å². The van der Waals surface area contributed by atoms with Gasteiger partial charge in [-0.3, -0.25) is 0 Å². The Labute approximate surface area is 166 Å². The molecule has 0 spiro atoms. The van der Waals surface area contributed by atoms with Crippen LogP contribution in [-0.4, -0.2) is 42.1 Å². The summed E-state index contributed by atoms with van der Waals surface area (Å²) < 4.78 is 29.5. The third-order valence-electron chi connectivity index (χ3n) is 3.74. The largest absolute Gasteiger partial charge is 0.473 e. The average molecular weight is 420 g/mol. The molecule has 2 aromatic carbocycles. The zero-order chi connectivity index (χ0) is 21.4. The van der Waals surface area contributed by atoms with Crippen LogP contribution in [0.5, 0.6) is 5.75 Å².